The van der Waals surface area contributed by atoms with Crippen LogP contribution >= 0.6 is 0 Å². The number of anilines is 1. The van der Waals surface area contributed by atoms with Crippen LogP contribution in [0.3, 0.4) is 0 Å². The normalized spacial score (nSPS) is 17.5. The molecule has 0 amide bonds. The zero-order valence-corrected chi connectivity index (χ0v) is 11.6. The molecule has 1 N–H and O–H groups in total. The highest BCUT2D eigenvalue weighted by atomic mass is 15.2. The first-order chi connectivity index (χ1) is 8.72. The number of nitrogens with zero attached hydrogens (tertiary/aromatic N) is 2. The van der Waals surface area contributed by atoms with Crippen molar-refractivity contribution in [1.29, 1.82) is 0 Å². The van der Waals surface area contributed by atoms with E-state index < -0.39 is 0 Å². The fraction of sp³-hybridized carbons (Fsp3) is 0.533. The number of rotatable bonds is 4. The average molecular weight is 245 g/mol. The van der Waals surface area contributed by atoms with Gasteiger partial charge in [0, 0.05) is 30.9 Å². The lowest BCUT2D eigenvalue weighted by atomic mass is 10.1. The van der Waals surface area contributed by atoms with E-state index in [0.29, 0.717) is 6.04 Å². The van der Waals surface area contributed by atoms with E-state index in [-0.39, 0.29) is 0 Å². The predicted molar refractivity (Wildman–Crippen MR) is 76.9 cm³/mol. The zero-order chi connectivity index (χ0) is 13.0. The summed E-state index contributed by atoms with van der Waals surface area (Å²) in [5.41, 5.74) is 2.79. The van der Waals surface area contributed by atoms with Crippen molar-refractivity contribution in [3.05, 3.63) is 35.5 Å². The van der Waals surface area contributed by atoms with E-state index in [9.17, 15) is 0 Å². The minimum Gasteiger partial charge on any atom is -0.352 e. The molecule has 98 valence electrons. The molecule has 3 heteroatoms. The molecule has 3 nitrogen and oxygen atoms in total. The Hall–Kier alpha value is -1.35. The summed E-state index contributed by atoms with van der Waals surface area (Å²) in [6, 6.07) is 4.56. The molecule has 1 aliphatic heterocycles. The standard InChI is InChI=1S/C15H23N3/c1-4-16-13(3)14-6-5-9-17-15(14)18-10-7-12(2)8-11-18/h5-7,9,13,16H,4,8,10-11H2,1-3H3. The molecule has 1 aliphatic rings. The van der Waals surface area contributed by atoms with Crippen molar-refractivity contribution in [2.45, 2.75) is 33.2 Å². The van der Waals surface area contributed by atoms with Crippen molar-refractivity contribution in [2.24, 2.45) is 0 Å². The van der Waals surface area contributed by atoms with Gasteiger partial charge in [0.1, 0.15) is 5.82 Å². The molecule has 1 unspecified atom stereocenters. The first kappa shape index (κ1) is 13.1. The van der Waals surface area contributed by atoms with Crippen LogP contribution in [0.15, 0.2) is 30.0 Å². The highest BCUT2D eigenvalue weighted by Gasteiger charge is 2.17. The molecule has 0 fully saturated rings. The predicted octanol–water partition coefficient (Wildman–Crippen LogP) is 2.91. The van der Waals surface area contributed by atoms with E-state index >= 15 is 0 Å². The van der Waals surface area contributed by atoms with Crippen LogP contribution in [-0.2, 0) is 0 Å². The number of pyridine rings is 1. The molecule has 0 aromatic carbocycles. The Bertz CT molecular complexity index is 426. The Morgan fingerprint density at radius 2 is 2.33 bits per heavy atom. The smallest absolute Gasteiger partial charge is 0.133 e. The van der Waals surface area contributed by atoms with Gasteiger partial charge in [-0.25, -0.2) is 4.98 Å². The van der Waals surface area contributed by atoms with Gasteiger partial charge in [-0.15, -0.1) is 0 Å². The van der Waals surface area contributed by atoms with Crippen molar-refractivity contribution in [3.63, 3.8) is 0 Å². The second-order valence-corrected chi connectivity index (χ2v) is 4.94. The first-order valence-corrected chi connectivity index (χ1v) is 6.81. The van der Waals surface area contributed by atoms with Crippen molar-refractivity contribution in [2.75, 3.05) is 24.5 Å². The summed E-state index contributed by atoms with van der Waals surface area (Å²) in [6.45, 7) is 9.58. The van der Waals surface area contributed by atoms with E-state index in [1.165, 1.54) is 11.1 Å². The van der Waals surface area contributed by atoms with Crippen LogP contribution in [0.5, 0.6) is 0 Å². The number of aromatic nitrogens is 1. The van der Waals surface area contributed by atoms with Crippen LogP contribution in [0.25, 0.3) is 0 Å². The molecule has 0 bridgehead atoms. The molecule has 0 spiro atoms. The minimum atomic E-state index is 0.353. The highest BCUT2D eigenvalue weighted by molar-refractivity contribution is 5.49. The topological polar surface area (TPSA) is 28.2 Å². The van der Waals surface area contributed by atoms with Crippen molar-refractivity contribution >= 4 is 5.82 Å². The van der Waals surface area contributed by atoms with Crippen LogP contribution in [0.2, 0.25) is 0 Å². The van der Waals surface area contributed by atoms with Crippen LogP contribution in [-0.4, -0.2) is 24.6 Å². The SMILES string of the molecule is CCNC(C)c1cccnc1N1CC=C(C)CC1. The summed E-state index contributed by atoms with van der Waals surface area (Å²) in [5.74, 6) is 1.13. The highest BCUT2D eigenvalue weighted by Crippen LogP contribution is 2.25. The largest absolute Gasteiger partial charge is 0.352 e. The zero-order valence-electron chi connectivity index (χ0n) is 11.6. The summed E-state index contributed by atoms with van der Waals surface area (Å²) in [4.78, 5) is 6.96. The summed E-state index contributed by atoms with van der Waals surface area (Å²) in [5, 5.41) is 3.47. The molecule has 0 aliphatic carbocycles. The minimum absolute atomic E-state index is 0.353. The van der Waals surface area contributed by atoms with Gasteiger partial charge in [-0.2, -0.15) is 0 Å². The molecular weight excluding hydrogens is 222 g/mol. The molecule has 1 aromatic heterocycles. The first-order valence-electron chi connectivity index (χ1n) is 6.81. The molecule has 2 rings (SSSR count). The van der Waals surface area contributed by atoms with Gasteiger partial charge in [0.05, 0.1) is 0 Å². The molecule has 1 atom stereocenters. The molecule has 0 saturated carbocycles. The molecule has 0 radical (unpaired) electrons. The maximum absolute atomic E-state index is 4.59. The molecule has 2 heterocycles. The fourth-order valence-corrected chi connectivity index (χ4v) is 2.39. The molecule has 1 aromatic rings. The lowest BCUT2D eigenvalue weighted by molar-refractivity contribution is 0.593. The summed E-state index contributed by atoms with van der Waals surface area (Å²) < 4.78 is 0. The van der Waals surface area contributed by atoms with Gasteiger partial charge in [-0.1, -0.05) is 24.6 Å². The third-order valence-corrected chi connectivity index (χ3v) is 3.53. The lowest BCUT2D eigenvalue weighted by Gasteiger charge is -2.29. The van der Waals surface area contributed by atoms with Gasteiger partial charge in [0.25, 0.3) is 0 Å². The average Bonchev–Trinajstić information content (AvgIpc) is 2.40. The van der Waals surface area contributed by atoms with Gasteiger partial charge in [-0.3, -0.25) is 0 Å². The van der Waals surface area contributed by atoms with E-state index in [2.05, 4.69) is 48.1 Å². The number of hydrogen-bond acceptors (Lipinski definition) is 3. The summed E-state index contributed by atoms with van der Waals surface area (Å²) in [7, 11) is 0. The van der Waals surface area contributed by atoms with Gasteiger partial charge in [0.15, 0.2) is 0 Å². The van der Waals surface area contributed by atoms with Gasteiger partial charge in [0.2, 0.25) is 0 Å². The fourth-order valence-electron chi connectivity index (χ4n) is 2.39. The van der Waals surface area contributed by atoms with Gasteiger partial charge < -0.3 is 10.2 Å². The van der Waals surface area contributed by atoms with E-state index in [1.54, 1.807) is 0 Å². The monoisotopic (exact) mass is 245 g/mol. The Morgan fingerprint density at radius 3 is 3.00 bits per heavy atom. The molecule has 0 saturated heterocycles. The van der Waals surface area contributed by atoms with Crippen LogP contribution < -0.4 is 10.2 Å². The summed E-state index contributed by atoms with van der Waals surface area (Å²) in [6.07, 6.45) is 5.34. The molecule has 18 heavy (non-hydrogen) atoms. The van der Waals surface area contributed by atoms with Crippen LogP contribution in [0, 0.1) is 0 Å². The number of nitrogens with one attached hydrogen (secondary N) is 1. The third kappa shape index (κ3) is 2.91. The summed E-state index contributed by atoms with van der Waals surface area (Å²) >= 11 is 0. The molecular formula is C15H23N3. The van der Waals surface area contributed by atoms with E-state index in [1.807, 2.05) is 12.3 Å². The van der Waals surface area contributed by atoms with E-state index in [4.69, 9.17) is 0 Å². The van der Waals surface area contributed by atoms with E-state index in [0.717, 1.165) is 31.9 Å². The Kier molecular flexibility index (Phi) is 4.37. The van der Waals surface area contributed by atoms with Crippen LogP contribution in [0.4, 0.5) is 5.82 Å². The van der Waals surface area contributed by atoms with Crippen LogP contribution in [0.1, 0.15) is 38.8 Å². The number of hydrogen-bond donors (Lipinski definition) is 1. The second kappa shape index (κ2) is 6.01. The van der Waals surface area contributed by atoms with Gasteiger partial charge in [-0.05, 0) is 32.9 Å². The maximum Gasteiger partial charge on any atom is 0.133 e. The third-order valence-electron chi connectivity index (χ3n) is 3.53. The Labute approximate surface area is 110 Å². The lowest BCUT2D eigenvalue weighted by Crippen LogP contribution is -2.31. The van der Waals surface area contributed by atoms with Crippen molar-refractivity contribution in [3.8, 4) is 0 Å². The van der Waals surface area contributed by atoms with Crippen molar-refractivity contribution in [1.82, 2.24) is 10.3 Å². The van der Waals surface area contributed by atoms with Gasteiger partial charge >= 0.3 is 0 Å². The van der Waals surface area contributed by atoms with Crippen molar-refractivity contribution < 1.29 is 0 Å². The second-order valence-electron chi connectivity index (χ2n) is 4.94. The quantitative estimate of drug-likeness (QED) is 0.827. The Morgan fingerprint density at radius 1 is 1.50 bits per heavy atom. The maximum atomic E-state index is 4.59. The Balaban J connectivity index is 2.22.